The van der Waals surface area contributed by atoms with Gasteiger partial charge in [-0.25, -0.2) is 0 Å². The van der Waals surface area contributed by atoms with Crippen LogP contribution in [0.5, 0.6) is 0 Å². The first-order valence-corrected chi connectivity index (χ1v) is 4.39. The molecule has 0 saturated carbocycles. The molecule has 0 aliphatic carbocycles. The molecular formula is C9H16O4. The highest BCUT2D eigenvalue weighted by Gasteiger charge is 2.34. The van der Waals surface area contributed by atoms with Crippen LogP contribution < -0.4 is 0 Å². The number of rotatable bonds is 5. The number of hydrogen-bond donors (Lipinski definition) is 0. The Morgan fingerprint density at radius 3 is 2.69 bits per heavy atom. The first kappa shape index (κ1) is 10.5. The van der Waals surface area contributed by atoms with E-state index in [4.69, 9.17) is 14.2 Å². The molecule has 0 atom stereocenters. The van der Waals surface area contributed by atoms with Crippen molar-refractivity contribution in [3.63, 3.8) is 0 Å². The molecule has 1 rings (SSSR count). The Balaban J connectivity index is 2.07. The first-order valence-electron chi connectivity index (χ1n) is 4.39. The maximum Gasteiger partial charge on any atom is 0.308 e. The molecule has 0 spiro atoms. The van der Waals surface area contributed by atoms with Crippen molar-refractivity contribution in [1.82, 2.24) is 0 Å². The molecule has 0 aromatic heterocycles. The van der Waals surface area contributed by atoms with Crippen LogP contribution in [0.15, 0.2) is 0 Å². The van der Waals surface area contributed by atoms with Crippen LogP contribution in [0.3, 0.4) is 0 Å². The van der Waals surface area contributed by atoms with Crippen molar-refractivity contribution >= 4 is 5.97 Å². The third kappa shape index (κ3) is 3.32. The molecule has 1 aliphatic heterocycles. The molecule has 0 aromatic rings. The molecule has 1 saturated heterocycles. The van der Waals surface area contributed by atoms with Gasteiger partial charge in [0.2, 0.25) is 0 Å². The number of hydrogen-bond acceptors (Lipinski definition) is 4. The van der Waals surface area contributed by atoms with Crippen LogP contribution in [0.4, 0.5) is 0 Å². The molecule has 0 amide bonds. The zero-order valence-electron chi connectivity index (χ0n) is 8.17. The Bertz CT molecular complexity index is 174. The summed E-state index contributed by atoms with van der Waals surface area (Å²) >= 11 is 0. The maximum absolute atomic E-state index is 11.0. The molecular weight excluding hydrogens is 172 g/mol. The summed E-state index contributed by atoms with van der Waals surface area (Å²) < 4.78 is 14.8. The monoisotopic (exact) mass is 188 g/mol. The predicted molar refractivity (Wildman–Crippen MR) is 46.4 cm³/mol. The van der Waals surface area contributed by atoms with Gasteiger partial charge in [-0.15, -0.1) is 0 Å². The largest absolute Gasteiger partial charge is 0.465 e. The van der Waals surface area contributed by atoms with Gasteiger partial charge in [-0.2, -0.15) is 0 Å². The van der Waals surface area contributed by atoms with E-state index in [0.717, 1.165) is 0 Å². The fraction of sp³-hybridized carbons (Fsp3) is 0.889. The first-order chi connectivity index (χ1) is 6.16. The van der Waals surface area contributed by atoms with Crippen molar-refractivity contribution in [2.75, 3.05) is 33.5 Å². The summed E-state index contributed by atoms with van der Waals surface area (Å²) in [5.74, 6) is -0.199. The van der Waals surface area contributed by atoms with Gasteiger partial charge in [-0.3, -0.25) is 4.79 Å². The number of ether oxygens (including phenoxy) is 3. The van der Waals surface area contributed by atoms with E-state index in [-0.39, 0.29) is 11.4 Å². The van der Waals surface area contributed by atoms with Crippen molar-refractivity contribution in [2.24, 2.45) is 5.41 Å². The van der Waals surface area contributed by atoms with E-state index < -0.39 is 0 Å². The fourth-order valence-electron chi connectivity index (χ4n) is 1.05. The van der Waals surface area contributed by atoms with Gasteiger partial charge in [-0.1, -0.05) is 6.92 Å². The molecule has 1 fully saturated rings. The van der Waals surface area contributed by atoms with Crippen molar-refractivity contribution in [2.45, 2.75) is 13.3 Å². The Morgan fingerprint density at radius 2 is 2.23 bits per heavy atom. The van der Waals surface area contributed by atoms with Gasteiger partial charge in [0.15, 0.2) is 0 Å². The Labute approximate surface area is 78.2 Å². The molecule has 4 heteroatoms. The maximum atomic E-state index is 11.0. The predicted octanol–water partition coefficient (Wildman–Crippen LogP) is 0.603. The van der Waals surface area contributed by atoms with Crippen LogP contribution in [-0.4, -0.2) is 39.5 Å². The van der Waals surface area contributed by atoms with Crippen LogP contribution in [0.2, 0.25) is 0 Å². The summed E-state index contributed by atoms with van der Waals surface area (Å²) in [4.78, 5) is 11.0. The van der Waals surface area contributed by atoms with Gasteiger partial charge in [0.05, 0.1) is 26.2 Å². The lowest BCUT2D eigenvalue weighted by Gasteiger charge is -2.37. The zero-order valence-corrected chi connectivity index (χ0v) is 8.17. The van der Waals surface area contributed by atoms with Crippen LogP contribution in [0.25, 0.3) is 0 Å². The molecule has 0 aromatic carbocycles. The van der Waals surface area contributed by atoms with Crippen molar-refractivity contribution < 1.29 is 19.0 Å². The van der Waals surface area contributed by atoms with Crippen LogP contribution in [0, 0.1) is 5.41 Å². The van der Waals surface area contributed by atoms with Crippen molar-refractivity contribution in [3.05, 3.63) is 0 Å². The van der Waals surface area contributed by atoms with Crippen LogP contribution >= 0.6 is 0 Å². The lowest BCUT2D eigenvalue weighted by atomic mass is 9.90. The average Bonchev–Trinajstić information content (AvgIpc) is 2.08. The minimum absolute atomic E-state index is 0.0444. The zero-order chi connectivity index (χ0) is 9.73. The lowest BCUT2D eigenvalue weighted by Crippen LogP contribution is -2.44. The molecule has 13 heavy (non-hydrogen) atoms. The summed E-state index contributed by atoms with van der Waals surface area (Å²) in [7, 11) is 1.56. The lowest BCUT2D eigenvalue weighted by molar-refractivity contribution is -0.165. The highest BCUT2D eigenvalue weighted by molar-refractivity contribution is 5.69. The Hall–Kier alpha value is -0.610. The van der Waals surface area contributed by atoms with Gasteiger partial charge in [0.25, 0.3) is 0 Å². The second-order valence-electron chi connectivity index (χ2n) is 3.71. The number of esters is 1. The average molecular weight is 188 g/mol. The van der Waals surface area contributed by atoms with E-state index >= 15 is 0 Å². The fourth-order valence-corrected chi connectivity index (χ4v) is 1.05. The van der Waals surface area contributed by atoms with Crippen LogP contribution in [0.1, 0.15) is 13.3 Å². The third-order valence-electron chi connectivity index (χ3n) is 1.99. The van der Waals surface area contributed by atoms with Gasteiger partial charge >= 0.3 is 5.97 Å². The van der Waals surface area contributed by atoms with Crippen molar-refractivity contribution in [3.8, 4) is 0 Å². The van der Waals surface area contributed by atoms with E-state index in [1.165, 1.54) is 0 Å². The Morgan fingerprint density at radius 1 is 1.54 bits per heavy atom. The van der Waals surface area contributed by atoms with E-state index in [9.17, 15) is 4.79 Å². The van der Waals surface area contributed by atoms with E-state index in [0.29, 0.717) is 32.8 Å². The minimum atomic E-state index is -0.199. The Kier molecular flexibility index (Phi) is 3.69. The smallest absolute Gasteiger partial charge is 0.308 e. The van der Waals surface area contributed by atoms with Crippen LogP contribution in [-0.2, 0) is 19.0 Å². The number of methoxy groups -OCH3 is 1. The molecule has 0 N–H and O–H groups in total. The van der Waals surface area contributed by atoms with Gasteiger partial charge in [0.1, 0.15) is 6.61 Å². The molecule has 0 unspecified atom stereocenters. The summed E-state index contributed by atoms with van der Waals surface area (Å²) in [5.41, 5.74) is 0.0444. The standard InChI is InChI=1S/C9H16O4/c1-9(5-12-6-9)7-13-8(10)3-4-11-2/h3-7H2,1-2H3. The van der Waals surface area contributed by atoms with E-state index in [1.54, 1.807) is 7.11 Å². The molecule has 76 valence electrons. The third-order valence-corrected chi connectivity index (χ3v) is 1.99. The molecule has 0 radical (unpaired) electrons. The number of carbonyl (C=O) groups is 1. The number of carbonyl (C=O) groups excluding carboxylic acids is 1. The topological polar surface area (TPSA) is 44.8 Å². The van der Waals surface area contributed by atoms with Crippen molar-refractivity contribution in [1.29, 1.82) is 0 Å². The van der Waals surface area contributed by atoms with E-state index in [1.807, 2.05) is 6.92 Å². The highest BCUT2D eigenvalue weighted by atomic mass is 16.5. The van der Waals surface area contributed by atoms with Gasteiger partial charge < -0.3 is 14.2 Å². The quantitative estimate of drug-likeness (QED) is 0.593. The summed E-state index contributed by atoms with van der Waals surface area (Å²) in [6.07, 6.45) is 0.327. The second-order valence-corrected chi connectivity index (χ2v) is 3.71. The SMILES string of the molecule is COCCC(=O)OCC1(C)COC1. The molecule has 0 bridgehead atoms. The molecule has 1 heterocycles. The van der Waals surface area contributed by atoms with Gasteiger partial charge in [0, 0.05) is 12.5 Å². The normalized spacial score (nSPS) is 19.2. The second kappa shape index (κ2) is 4.58. The summed E-state index contributed by atoms with van der Waals surface area (Å²) in [6.45, 7) is 4.29. The molecule has 1 aliphatic rings. The minimum Gasteiger partial charge on any atom is -0.465 e. The van der Waals surface area contributed by atoms with Gasteiger partial charge in [-0.05, 0) is 0 Å². The summed E-state index contributed by atoms with van der Waals surface area (Å²) in [5, 5.41) is 0. The van der Waals surface area contributed by atoms with E-state index in [2.05, 4.69) is 0 Å². The summed E-state index contributed by atoms with van der Waals surface area (Å²) in [6, 6.07) is 0. The highest BCUT2D eigenvalue weighted by Crippen LogP contribution is 2.26. The molecule has 4 nitrogen and oxygen atoms in total.